The van der Waals surface area contributed by atoms with Crippen LogP contribution in [-0.2, 0) is 13.0 Å². The van der Waals surface area contributed by atoms with Gasteiger partial charge in [0.15, 0.2) is 5.69 Å². The first-order valence-corrected chi connectivity index (χ1v) is 5.81. The van der Waals surface area contributed by atoms with Crippen molar-refractivity contribution in [2.45, 2.75) is 13.0 Å². The Hall–Kier alpha value is -2.30. The van der Waals surface area contributed by atoms with Gasteiger partial charge in [0, 0.05) is 24.8 Å². The van der Waals surface area contributed by atoms with Crippen LogP contribution < -0.4 is 5.73 Å². The number of rotatable bonds is 1. The molecule has 0 bridgehead atoms. The molecule has 1 aromatic heterocycles. The molecular weight excluding hydrogens is 230 g/mol. The molecule has 1 aromatic carbocycles. The number of fused-ring (bicyclic) bond motifs is 1. The molecule has 2 heterocycles. The van der Waals surface area contributed by atoms with Gasteiger partial charge in [0.05, 0.1) is 0 Å². The largest absolute Gasteiger partial charge is 0.399 e. The number of benzene rings is 1. The number of carbonyl (C=O) groups excluding carboxylic acids is 1. The van der Waals surface area contributed by atoms with Crippen LogP contribution in [0, 0.1) is 0 Å². The number of hydrogen-bond donors (Lipinski definition) is 1. The predicted octanol–water partition coefficient (Wildman–Crippen LogP) is 1.46. The second-order valence-electron chi connectivity index (χ2n) is 4.39. The van der Waals surface area contributed by atoms with Crippen LogP contribution in [0.15, 0.2) is 35.1 Å². The van der Waals surface area contributed by atoms with Gasteiger partial charge in [-0.05, 0) is 29.7 Å². The van der Waals surface area contributed by atoms with Gasteiger partial charge in [0.2, 0.25) is 0 Å². The molecule has 0 unspecified atom stereocenters. The zero-order chi connectivity index (χ0) is 12.5. The zero-order valence-electron chi connectivity index (χ0n) is 9.80. The highest BCUT2D eigenvalue weighted by Gasteiger charge is 2.23. The second kappa shape index (κ2) is 4.18. The maximum Gasteiger partial charge on any atom is 0.276 e. The molecule has 3 rings (SSSR count). The minimum atomic E-state index is -0.100. The summed E-state index contributed by atoms with van der Waals surface area (Å²) in [5.41, 5.74) is 9.21. The quantitative estimate of drug-likeness (QED) is 0.769. The van der Waals surface area contributed by atoms with Gasteiger partial charge in [-0.15, -0.1) is 0 Å². The van der Waals surface area contributed by atoms with Crippen LogP contribution >= 0.6 is 0 Å². The van der Waals surface area contributed by atoms with Crippen molar-refractivity contribution in [2.75, 3.05) is 12.3 Å². The van der Waals surface area contributed by atoms with Crippen LogP contribution in [0.4, 0.5) is 5.69 Å². The number of nitrogens with zero attached hydrogens (tertiary/aromatic N) is 2. The van der Waals surface area contributed by atoms with E-state index in [4.69, 9.17) is 10.3 Å². The first-order valence-electron chi connectivity index (χ1n) is 5.81. The van der Waals surface area contributed by atoms with Gasteiger partial charge < -0.3 is 15.2 Å². The summed E-state index contributed by atoms with van der Waals surface area (Å²) in [5, 5.41) is 3.67. The van der Waals surface area contributed by atoms with Gasteiger partial charge in [0.1, 0.15) is 6.26 Å². The summed E-state index contributed by atoms with van der Waals surface area (Å²) in [6, 6.07) is 7.44. The van der Waals surface area contributed by atoms with Gasteiger partial charge in [-0.2, -0.15) is 0 Å². The lowest BCUT2D eigenvalue weighted by atomic mass is 9.99. The fraction of sp³-hybridized carbons (Fsp3) is 0.231. The Morgan fingerprint density at radius 3 is 3.00 bits per heavy atom. The maximum atomic E-state index is 12.1. The predicted molar refractivity (Wildman–Crippen MR) is 65.8 cm³/mol. The lowest BCUT2D eigenvalue weighted by molar-refractivity contribution is 0.0724. The number of aromatic nitrogens is 1. The molecule has 1 amide bonds. The third-order valence-corrected chi connectivity index (χ3v) is 3.19. The fourth-order valence-corrected chi connectivity index (χ4v) is 2.24. The van der Waals surface area contributed by atoms with Gasteiger partial charge in [0.25, 0.3) is 5.91 Å². The number of nitrogens with two attached hydrogens (primary N) is 1. The summed E-state index contributed by atoms with van der Waals surface area (Å²) in [5.74, 6) is -0.100. The SMILES string of the molecule is Nc1ccc2c(c1)CN(C(=O)c1ccon1)CC2. The van der Waals surface area contributed by atoms with E-state index in [-0.39, 0.29) is 5.91 Å². The molecule has 0 aliphatic carbocycles. The lowest BCUT2D eigenvalue weighted by Crippen LogP contribution is -2.36. The van der Waals surface area contributed by atoms with Crippen LogP contribution in [-0.4, -0.2) is 22.5 Å². The molecule has 0 saturated heterocycles. The van der Waals surface area contributed by atoms with Crippen LogP contribution in [0.5, 0.6) is 0 Å². The van der Waals surface area contributed by atoms with Crippen LogP contribution in [0.25, 0.3) is 0 Å². The van der Waals surface area contributed by atoms with E-state index >= 15 is 0 Å². The molecule has 1 aliphatic rings. The van der Waals surface area contributed by atoms with Gasteiger partial charge in [-0.25, -0.2) is 0 Å². The van der Waals surface area contributed by atoms with Crippen molar-refractivity contribution in [3.63, 3.8) is 0 Å². The van der Waals surface area contributed by atoms with Crippen molar-refractivity contribution in [1.29, 1.82) is 0 Å². The molecule has 2 N–H and O–H groups in total. The number of hydrogen-bond acceptors (Lipinski definition) is 4. The van der Waals surface area contributed by atoms with E-state index in [1.807, 2.05) is 18.2 Å². The Labute approximate surface area is 104 Å². The Bertz CT molecular complexity index is 578. The molecule has 92 valence electrons. The highest BCUT2D eigenvalue weighted by Crippen LogP contribution is 2.22. The molecular formula is C13H13N3O2. The van der Waals surface area contributed by atoms with Crippen molar-refractivity contribution < 1.29 is 9.32 Å². The van der Waals surface area contributed by atoms with Crippen molar-refractivity contribution in [2.24, 2.45) is 0 Å². The second-order valence-corrected chi connectivity index (χ2v) is 4.39. The molecule has 0 radical (unpaired) electrons. The monoisotopic (exact) mass is 243 g/mol. The standard InChI is InChI=1S/C13H13N3O2/c14-11-2-1-9-3-5-16(8-10(9)7-11)13(17)12-4-6-18-15-12/h1-2,4,6-7H,3,5,8,14H2. The summed E-state index contributed by atoms with van der Waals surface area (Å²) in [6.07, 6.45) is 2.25. The van der Waals surface area contributed by atoms with Gasteiger partial charge in [-0.3, -0.25) is 4.79 Å². The van der Waals surface area contributed by atoms with E-state index in [1.165, 1.54) is 11.8 Å². The molecule has 5 nitrogen and oxygen atoms in total. The molecule has 5 heteroatoms. The molecule has 0 atom stereocenters. The first kappa shape index (κ1) is 10.8. The third kappa shape index (κ3) is 1.84. The summed E-state index contributed by atoms with van der Waals surface area (Å²) in [6.45, 7) is 1.27. The van der Waals surface area contributed by atoms with Crippen LogP contribution in [0.1, 0.15) is 21.6 Å². The van der Waals surface area contributed by atoms with Crippen molar-refractivity contribution in [3.05, 3.63) is 47.3 Å². The van der Waals surface area contributed by atoms with E-state index in [9.17, 15) is 4.79 Å². The smallest absolute Gasteiger partial charge is 0.276 e. The van der Waals surface area contributed by atoms with E-state index < -0.39 is 0 Å². The highest BCUT2D eigenvalue weighted by molar-refractivity contribution is 5.92. The third-order valence-electron chi connectivity index (χ3n) is 3.19. The number of amides is 1. The zero-order valence-corrected chi connectivity index (χ0v) is 9.80. The molecule has 0 saturated carbocycles. The summed E-state index contributed by atoms with van der Waals surface area (Å²) in [7, 11) is 0. The van der Waals surface area contributed by atoms with E-state index in [1.54, 1.807) is 11.0 Å². The molecule has 0 fully saturated rings. The maximum absolute atomic E-state index is 12.1. The van der Waals surface area contributed by atoms with E-state index in [0.717, 1.165) is 17.7 Å². The topological polar surface area (TPSA) is 72.4 Å². The van der Waals surface area contributed by atoms with Crippen LogP contribution in [0.2, 0.25) is 0 Å². The molecule has 18 heavy (non-hydrogen) atoms. The number of carbonyl (C=O) groups is 1. The summed E-state index contributed by atoms with van der Waals surface area (Å²) >= 11 is 0. The Morgan fingerprint density at radius 1 is 1.33 bits per heavy atom. The normalized spacial score (nSPS) is 14.3. The molecule has 2 aromatic rings. The van der Waals surface area contributed by atoms with E-state index in [2.05, 4.69) is 5.16 Å². The Balaban J connectivity index is 1.84. The average Bonchev–Trinajstić information content (AvgIpc) is 2.90. The minimum Gasteiger partial charge on any atom is -0.399 e. The van der Waals surface area contributed by atoms with Crippen LogP contribution in [0.3, 0.4) is 0 Å². The Kier molecular flexibility index (Phi) is 2.51. The Morgan fingerprint density at radius 2 is 2.22 bits per heavy atom. The summed E-state index contributed by atoms with van der Waals surface area (Å²) in [4.78, 5) is 13.9. The highest BCUT2D eigenvalue weighted by atomic mass is 16.5. The lowest BCUT2D eigenvalue weighted by Gasteiger charge is -2.28. The molecule has 1 aliphatic heterocycles. The first-order chi connectivity index (χ1) is 8.74. The number of anilines is 1. The molecule has 0 spiro atoms. The van der Waals surface area contributed by atoms with Crippen molar-refractivity contribution >= 4 is 11.6 Å². The van der Waals surface area contributed by atoms with Gasteiger partial charge in [-0.1, -0.05) is 11.2 Å². The fourth-order valence-electron chi connectivity index (χ4n) is 2.24. The summed E-state index contributed by atoms with van der Waals surface area (Å²) < 4.78 is 4.70. The number of nitrogen functional groups attached to an aromatic ring is 1. The van der Waals surface area contributed by atoms with Crippen molar-refractivity contribution in [3.8, 4) is 0 Å². The van der Waals surface area contributed by atoms with Crippen molar-refractivity contribution in [1.82, 2.24) is 10.1 Å². The van der Waals surface area contributed by atoms with Gasteiger partial charge >= 0.3 is 0 Å². The van der Waals surface area contributed by atoms with E-state index in [0.29, 0.717) is 18.8 Å². The average molecular weight is 243 g/mol. The minimum absolute atomic E-state index is 0.100.